The number of sulfonamides is 1. The van der Waals surface area contributed by atoms with Gasteiger partial charge in [-0.15, -0.1) is 0 Å². The fourth-order valence-electron chi connectivity index (χ4n) is 2.25. The molecule has 6 heteroatoms. The fraction of sp³-hybridized carbons (Fsp3) is 0.400. The van der Waals surface area contributed by atoms with Crippen LogP contribution < -0.4 is 0 Å². The minimum Gasteiger partial charge on any atom is -0.383 e. The largest absolute Gasteiger partial charge is 0.383 e. The van der Waals surface area contributed by atoms with Crippen molar-refractivity contribution in [2.24, 2.45) is 0 Å². The lowest BCUT2D eigenvalue weighted by atomic mass is 10.2. The van der Waals surface area contributed by atoms with E-state index in [9.17, 15) is 8.42 Å². The van der Waals surface area contributed by atoms with Crippen LogP contribution in [0.1, 0.15) is 13.3 Å². The number of fused-ring (bicyclic) bond motifs is 1. The second-order valence-electron chi connectivity index (χ2n) is 4.75. The van der Waals surface area contributed by atoms with Gasteiger partial charge in [0.1, 0.15) is 0 Å². The van der Waals surface area contributed by atoms with Gasteiger partial charge in [0, 0.05) is 43.4 Å². The van der Waals surface area contributed by atoms with Crippen molar-refractivity contribution in [3.63, 3.8) is 0 Å². The van der Waals surface area contributed by atoms with E-state index >= 15 is 0 Å². The number of hydrogen-bond donors (Lipinski definition) is 0. The molecule has 0 saturated carbocycles. The average Bonchev–Trinajstić information content (AvgIpc) is 2.50. The maximum absolute atomic E-state index is 12.9. The third kappa shape index (κ3) is 3.40. The van der Waals surface area contributed by atoms with Gasteiger partial charge in [-0.25, -0.2) is 8.42 Å². The summed E-state index contributed by atoms with van der Waals surface area (Å²) < 4.78 is 32.3. The zero-order valence-corrected chi connectivity index (χ0v) is 13.1. The van der Waals surface area contributed by atoms with Gasteiger partial charge < -0.3 is 4.74 Å². The molecule has 2 aromatic rings. The molecule has 0 radical (unpaired) electrons. The number of ether oxygens (including phenoxy) is 1. The highest BCUT2D eigenvalue weighted by atomic mass is 32.2. The Kier molecular flexibility index (Phi) is 5.27. The van der Waals surface area contributed by atoms with Crippen LogP contribution in [0.5, 0.6) is 0 Å². The van der Waals surface area contributed by atoms with E-state index in [4.69, 9.17) is 4.74 Å². The number of pyridine rings is 1. The first-order valence-electron chi connectivity index (χ1n) is 6.93. The van der Waals surface area contributed by atoms with Gasteiger partial charge in [-0.1, -0.05) is 19.1 Å². The van der Waals surface area contributed by atoms with E-state index in [1.54, 1.807) is 37.7 Å². The Bertz CT molecular complexity index is 696. The smallest absolute Gasteiger partial charge is 0.243 e. The summed E-state index contributed by atoms with van der Waals surface area (Å²) in [5.41, 5.74) is 0. The first-order valence-corrected chi connectivity index (χ1v) is 8.37. The second-order valence-corrected chi connectivity index (χ2v) is 6.66. The molecule has 0 aliphatic rings. The van der Waals surface area contributed by atoms with Gasteiger partial charge >= 0.3 is 0 Å². The van der Waals surface area contributed by atoms with Crippen molar-refractivity contribution < 1.29 is 13.2 Å². The number of rotatable bonds is 7. The van der Waals surface area contributed by atoms with Crippen molar-refractivity contribution in [2.45, 2.75) is 18.2 Å². The lowest BCUT2D eigenvalue weighted by Gasteiger charge is -2.22. The number of benzene rings is 1. The highest BCUT2D eigenvalue weighted by Crippen LogP contribution is 2.25. The normalized spacial score (nSPS) is 12.1. The van der Waals surface area contributed by atoms with Crippen molar-refractivity contribution in [1.29, 1.82) is 0 Å². The van der Waals surface area contributed by atoms with Crippen LogP contribution in [0.2, 0.25) is 0 Å². The zero-order valence-electron chi connectivity index (χ0n) is 12.3. The molecule has 1 aromatic heterocycles. The molecule has 0 amide bonds. The maximum atomic E-state index is 12.9. The van der Waals surface area contributed by atoms with Crippen molar-refractivity contribution >= 4 is 20.8 Å². The monoisotopic (exact) mass is 308 g/mol. The molecule has 2 rings (SSSR count). The van der Waals surface area contributed by atoms with Crippen LogP contribution in [-0.2, 0) is 14.8 Å². The molecule has 0 spiro atoms. The highest BCUT2D eigenvalue weighted by molar-refractivity contribution is 7.89. The first kappa shape index (κ1) is 15.9. The standard InChI is InChI=1S/C15H20N2O3S/c1-3-9-17(10-11-20-2)21(18,19)15-6-4-5-13-12-16-8-7-14(13)15/h4-8,12H,3,9-11H2,1-2H3. The van der Waals surface area contributed by atoms with Gasteiger partial charge in [0.25, 0.3) is 0 Å². The Morgan fingerprint density at radius 3 is 2.76 bits per heavy atom. The number of hydrogen-bond acceptors (Lipinski definition) is 4. The summed E-state index contributed by atoms with van der Waals surface area (Å²) in [6.07, 6.45) is 4.05. The van der Waals surface area contributed by atoms with Crippen molar-refractivity contribution in [3.8, 4) is 0 Å². The molecule has 0 bridgehead atoms. The Hall–Kier alpha value is -1.50. The van der Waals surface area contributed by atoms with E-state index in [0.717, 1.165) is 11.8 Å². The Morgan fingerprint density at radius 2 is 2.05 bits per heavy atom. The Morgan fingerprint density at radius 1 is 1.24 bits per heavy atom. The van der Waals surface area contributed by atoms with Gasteiger partial charge in [0.05, 0.1) is 11.5 Å². The summed E-state index contributed by atoms with van der Waals surface area (Å²) in [4.78, 5) is 4.36. The van der Waals surface area contributed by atoms with E-state index in [1.165, 1.54) is 4.31 Å². The van der Waals surface area contributed by atoms with Crippen LogP contribution in [-0.4, -0.2) is 44.5 Å². The molecule has 0 unspecified atom stereocenters. The molecule has 0 aliphatic carbocycles. The molecule has 114 valence electrons. The van der Waals surface area contributed by atoms with Gasteiger partial charge in [-0.2, -0.15) is 4.31 Å². The topological polar surface area (TPSA) is 59.5 Å². The summed E-state index contributed by atoms with van der Waals surface area (Å²) in [5, 5.41) is 1.52. The predicted octanol–water partition coefficient (Wildman–Crippen LogP) is 2.28. The lowest BCUT2D eigenvalue weighted by molar-refractivity contribution is 0.179. The third-order valence-corrected chi connectivity index (χ3v) is 5.23. The van der Waals surface area contributed by atoms with E-state index < -0.39 is 10.0 Å². The summed E-state index contributed by atoms with van der Waals surface area (Å²) in [5.74, 6) is 0. The van der Waals surface area contributed by atoms with Crippen molar-refractivity contribution in [1.82, 2.24) is 9.29 Å². The fourth-order valence-corrected chi connectivity index (χ4v) is 3.98. The summed E-state index contributed by atoms with van der Waals surface area (Å²) in [7, 11) is -1.97. The molecule has 5 nitrogen and oxygen atoms in total. The van der Waals surface area contributed by atoms with Gasteiger partial charge in [0.15, 0.2) is 0 Å². The Labute approximate surface area is 125 Å². The van der Waals surface area contributed by atoms with Gasteiger partial charge in [-0.3, -0.25) is 4.98 Å². The molecule has 1 heterocycles. The lowest BCUT2D eigenvalue weighted by Crippen LogP contribution is -2.34. The summed E-state index contributed by atoms with van der Waals surface area (Å²) in [6, 6.07) is 6.99. The minimum absolute atomic E-state index is 0.326. The quantitative estimate of drug-likeness (QED) is 0.787. The van der Waals surface area contributed by atoms with Crippen LogP contribution in [0.25, 0.3) is 10.8 Å². The second kappa shape index (κ2) is 6.98. The van der Waals surface area contributed by atoms with Crippen LogP contribution in [0.3, 0.4) is 0 Å². The SMILES string of the molecule is CCCN(CCOC)S(=O)(=O)c1cccc2cnccc12. The molecular weight excluding hydrogens is 288 g/mol. The van der Waals surface area contributed by atoms with Crippen LogP contribution >= 0.6 is 0 Å². The summed E-state index contributed by atoms with van der Waals surface area (Å²) in [6.45, 7) is 3.18. The van der Waals surface area contributed by atoms with E-state index in [2.05, 4.69) is 4.98 Å². The van der Waals surface area contributed by atoms with Crippen molar-refractivity contribution in [2.75, 3.05) is 26.8 Å². The van der Waals surface area contributed by atoms with Crippen LogP contribution in [0.4, 0.5) is 0 Å². The first-order chi connectivity index (χ1) is 10.1. The zero-order chi connectivity index (χ0) is 15.3. The van der Waals surface area contributed by atoms with E-state index in [-0.39, 0.29) is 0 Å². The predicted molar refractivity (Wildman–Crippen MR) is 82.7 cm³/mol. The molecule has 0 aliphatic heterocycles. The summed E-state index contributed by atoms with van der Waals surface area (Å²) >= 11 is 0. The average molecular weight is 308 g/mol. The van der Waals surface area contributed by atoms with Crippen molar-refractivity contribution in [3.05, 3.63) is 36.7 Å². The van der Waals surface area contributed by atoms with E-state index in [1.807, 2.05) is 13.0 Å². The minimum atomic E-state index is -3.54. The van der Waals surface area contributed by atoms with Crippen LogP contribution in [0, 0.1) is 0 Å². The van der Waals surface area contributed by atoms with Crippen LogP contribution in [0.15, 0.2) is 41.6 Å². The number of aromatic nitrogens is 1. The Balaban J connectivity index is 2.49. The third-order valence-electron chi connectivity index (χ3n) is 3.28. The molecule has 0 atom stereocenters. The number of methoxy groups -OCH3 is 1. The maximum Gasteiger partial charge on any atom is 0.243 e. The molecular formula is C15H20N2O3S. The molecule has 0 fully saturated rings. The molecule has 0 saturated heterocycles. The number of nitrogens with zero attached hydrogens (tertiary/aromatic N) is 2. The molecule has 21 heavy (non-hydrogen) atoms. The molecule has 0 N–H and O–H groups in total. The van der Waals surface area contributed by atoms with Gasteiger partial charge in [0.2, 0.25) is 10.0 Å². The highest BCUT2D eigenvalue weighted by Gasteiger charge is 2.25. The van der Waals surface area contributed by atoms with Gasteiger partial charge in [-0.05, 0) is 18.6 Å². The molecule has 1 aromatic carbocycles. The van der Waals surface area contributed by atoms with E-state index in [0.29, 0.717) is 30.0 Å².